The van der Waals surface area contributed by atoms with E-state index >= 15 is 0 Å². The number of aryl methyl sites for hydroxylation is 1. The van der Waals surface area contributed by atoms with Crippen molar-refractivity contribution in [1.82, 2.24) is 14.9 Å². The molecule has 4 nitrogen and oxygen atoms in total. The van der Waals surface area contributed by atoms with Crippen molar-refractivity contribution in [3.63, 3.8) is 0 Å². The lowest BCUT2D eigenvalue weighted by atomic mass is 9.87. The molecule has 5 heteroatoms. The molecule has 3 aromatic rings. The van der Waals surface area contributed by atoms with Crippen molar-refractivity contribution in [2.24, 2.45) is 5.92 Å². The van der Waals surface area contributed by atoms with Gasteiger partial charge in [0.1, 0.15) is 5.82 Å². The minimum atomic E-state index is -0.138. The minimum absolute atomic E-state index is 0.138. The van der Waals surface area contributed by atoms with Crippen LogP contribution >= 0.6 is 11.6 Å². The third kappa shape index (κ3) is 4.81. The SMILES string of the molecule is O=C(NCCc1nc2ccccc2n1CCC1CCCCC1)c1ccccc1Cl. The number of carbonyl (C=O) groups is 1. The lowest BCUT2D eigenvalue weighted by molar-refractivity contribution is 0.0954. The lowest BCUT2D eigenvalue weighted by Gasteiger charge is -2.22. The van der Waals surface area contributed by atoms with Gasteiger partial charge in [-0.15, -0.1) is 0 Å². The summed E-state index contributed by atoms with van der Waals surface area (Å²) in [6, 6.07) is 15.5. The maximum absolute atomic E-state index is 12.4. The van der Waals surface area contributed by atoms with Crippen LogP contribution in [0.3, 0.4) is 0 Å². The van der Waals surface area contributed by atoms with Crippen LogP contribution in [0.2, 0.25) is 5.02 Å². The quantitative estimate of drug-likeness (QED) is 0.549. The van der Waals surface area contributed by atoms with E-state index in [4.69, 9.17) is 16.6 Å². The van der Waals surface area contributed by atoms with Crippen LogP contribution in [-0.4, -0.2) is 22.0 Å². The van der Waals surface area contributed by atoms with Crippen LogP contribution in [-0.2, 0) is 13.0 Å². The van der Waals surface area contributed by atoms with Crippen LogP contribution in [0.15, 0.2) is 48.5 Å². The Morgan fingerprint density at radius 3 is 2.66 bits per heavy atom. The molecule has 0 radical (unpaired) electrons. The van der Waals surface area contributed by atoms with E-state index in [-0.39, 0.29) is 5.91 Å². The average molecular weight is 410 g/mol. The summed E-state index contributed by atoms with van der Waals surface area (Å²) in [5, 5.41) is 3.47. The first kappa shape index (κ1) is 20.0. The molecular formula is C24H28ClN3O. The number of imidazole rings is 1. The summed E-state index contributed by atoms with van der Waals surface area (Å²) in [4.78, 5) is 17.3. The van der Waals surface area contributed by atoms with Gasteiger partial charge >= 0.3 is 0 Å². The molecule has 1 aliphatic carbocycles. The van der Waals surface area contributed by atoms with Gasteiger partial charge in [0.15, 0.2) is 0 Å². The van der Waals surface area contributed by atoms with Crippen molar-refractivity contribution in [2.75, 3.05) is 6.54 Å². The van der Waals surface area contributed by atoms with E-state index in [1.165, 1.54) is 44.0 Å². The highest BCUT2D eigenvalue weighted by Crippen LogP contribution is 2.28. The zero-order valence-electron chi connectivity index (χ0n) is 16.7. The number of para-hydroxylation sites is 2. The van der Waals surface area contributed by atoms with E-state index in [9.17, 15) is 4.79 Å². The van der Waals surface area contributed by atoms with Gasteiger partial charge in [-0.2, -0.15) is 0 Å². The summed E-state index contributed by atoms with van der Waals surface area (Å²) in [5.74, 6) is 1.74. The molecule has 1 aliphatic rings. The number of rotatable bonds is 7. The first-order valence-electron chi connectivity index (χ1n) is 10.7. The van der Waals surface area contributed by atoms with Gasteiger partial charge in [-0.3, -0.25) is 4.79 Å². The second kappa shape index (κ2) is 9.45. The molecule has 0 aliphatic heterocycles. The van der Waals surface area contributed by atoms with Crippen LogP contribution in [0.25, 0.3) is 11.0 Å². The fourth-order valence-electron chi connectivity index (χ4n) is 4.38. The number of aromatic nitrogens is 2. The third-order valence-electron chi connectivity index (χ3n) is 5.97. The van der Waals surface area contributed by atoms with Gasteiger partial charge in [-0.25, -0.2) is 4.98 Å². The first-order valence-corrected chi connectivity index (χ1v) is 11.1. The normalized spacial score (nSPS) is 14.9. The maximum Gasteiger partial charge on any atom is 0.252 e. The average Bonchev–Trinajstić information content (AvgIpc) is 3.10. The maximum atomic E-state index is 12.4. The molecule has 4 rings (SSSR count). The molecule has 0 atom stereocenters. The summed E-state index contributed by atoms with van der Waals surface area (Å²) >= 11 is 6.13. The Labute approximate surface area is 177 Å². The number of fused-ring (bicyclic) bond motifs is 1. The molecule has 1 N–H and O–H groups in total. The molecule has 1 aromatic heterocycles. The topological polar surface area (TPSA) is 46.9 Å². The number of nitrogens with zero attached hydrogens (tertiary/aromatic N) is 2. The largest absolute Gasteiger partial charge is 0.352 e. The minimum Gasteiger partial charge on any atom is -0.352 e. The number of hydrogen-bond donors (Lipinski definition) is 1. The Balaban J connectivity index is 1.43. The van der Waals surface area contributed by atoms with Crippen LogP contribution in [0.4, 0.5) is 0 Å². The highest BCUT2D eigenvalue weighted by Gasteiger charge is 2.16. The monoisotopic (exact) mass is 409 g/mol. The van der Waals surface area contributed by atoms with Gasteiger partial charge in [0.2, 0.25) is 0 Å². The number of hydrogen-bond acceptors (Lipinski definition) is 2. The van der Waals surface area contributed by atoms with Gasteiger partial charge in [0.05, 0.1) is 21.6 Å². The van der Waals surface area contributed by atoms with Crippen molar-refractivity contribution < 1.29 is 4.79 Å². The Morgan fingerprint density at radius 2 is 1.83 bits per heavy atom. The van der Waals surface area contributed by atoms with Gasteiger partial charge in [0.25, 0.3) is 5.91 Å². The second-order valence-electron chi connectivity index (χ2n) is 7.95. The zero-order valence-corrected chi connectivity index (χ0v) is 17.5. The van der Waals surface area contributed by atoms with E-state index < -0.39 is 0 Å². The van der Waals surface area contributed by atoms with Crippen LogP contribution in [0.5, 0.6) is 0 Å². The fourth-order valence-corrected chi connectivity index (χ4v) is 4.60. The van der Waals surface area contributed by atoms with E-state index in [0.717, 1.165) is 23.8 Å². The van der Waals surface area contributed by atoms with E-state index in [1.54, 1.807) is 12.1 Å². The van der Waals surface area contributed by atoms with Crippen molar-refractivity contribution in [1.29, 1.82) is 0 Å². The predicted octanol–water partition coefficient (Wildman–Crippen LogP) is 5.63. The lowest BCUT2D eigenvalue weighted by Crippen LogP contribution is -2.26. The smallest absolute Gasteiger partial charge is 0.252 e. The van der Waals surface area contributed by atoms with Gasteiger partial charge in [-0.1, -0.05) is 68.0 Å². The molecule has 0 unspecified atom stereocenters. The van der Waals surface area contributed by atoms with Crippen LogP contribution in [0, 0.1) is 5.92 Å². The van der Waals surface area contributed by atoms with Crippen molar-refractivity contribution >= 4 is 28.5 Å². The van der Waals surface area contributed by atoms with E-state index in [0.29, 0.717) is 23.6 Å². The van der Waals surface area contributed by atoms with Crippen molar-refractivity contribution in [3.05, 3.63) is 64.9 Å². The molecule has 0 spiro atoms. The molecule has 1 saturated carbocycles. The first-order chi connectivity index (χ1) is 14.2. The third-order valence-corrected chi connectivity index (χ3v) is 6.30. The van der Waals surface area contributed by atoms with Crippen LogP contribution in [0.1, 0.15) is 54.7 Å². The van der Waals surface area contributed by atoms with Gasteiger partial charge in [0, 0.05) is 19.5 Å². The Hall–Kier alpha value is -2.33. The van der Waals surface area contributed by atoms with Crippen molar-refractivity contribution in [2.45, 2.75) is 51.5 Å². The molecule has 0 saturated heterocycles. The number of amides is 1. The molecule has 1 amide bonds. The number of halogens is 1. The van der Waals surface area contributed by atoms with E-state index in [2.05, 4.69) is 28.1 Å². The predicted molar refractivity (Wildman–Crippen MR) is 118 cm³/mol. The summed E-state index contributed by atoms with van der Waals surface area (Å²) in [6.45, 7) is 1.54. The molecule has 2 aromatic carbocycles. The molecule has 152 valence electrons. The second-order valence-corrected chi connectivity index (χ2v) is 8.35. The molecule has 1 heterocycles. The number of carbonyl (C=O) groups excluding carboxylic acids is 1. The molecular weight excluding hydrogens is 382 g/mol. The Kier molecular flexibility index (Phi) is 6.50. The van der Waals surface area contributed by atoms with Gasteiger partial charge in [-0.05, 0) is 36.6 Å². The van der Waals surface area contributed by atoms with Gasteiger partial charge < -0.3 is 9.88 Å². The molecule has 0 bridgehead atoms. The summed E-state index contributed by atoms with van der Waals surface area (Å²) < 4.78 is 2.35. The van der Waals surface area contributed by atoms with Crippen LogP contribution < -0.4 is 5.32 Å². The zero-order chi connectivity index (χ0) is 20.1. The van der Waals surface area contributed by atoms with Crippen molar-refractivity contribution in [3.8, 4) is 0 Å². The Bertz CT molecular complexity index is 975. The number of benzene rings is 2. The molecule has 29 heavy (non-hydrogen) atoms. The molecule has 1 fully saturated rings. The van der Waals surface area contributed by atoms with E-state index in [1.807, 2.05) is 18.2 Å². The summed E-state index contributed by atoms with van der Waals surface area (Å²) in [5.41, 5.74) is 2.74. The summed E-state index contributed by atoms with van der Waals surface area (Å²) in [6.07, 6.45) is 8.76. The fraction of sp³-hybridized carbons (Fsp3) is 0.417. The Morgan fingerprint density at radius 1 is 1.07 bits per heavy atom. The number of nitrogens with one attached hydrogen (secondary N) is 1. The standard InChI is InChI=1S/C24H28ClN3O/c25-20-11-5-4-10-19(20)24(29)26-16-14-23-27-21-12-6-7-13-22(21)28(23)17-15-18-8-2-1-3-9-18/h4-7,10-13,18H,1-3,8-9,14-17H2,(H,26,29). The summed E-state index contributed by atoms with van der Waals surface area (Å²) in [7, 11) is 0. The highest BCUT2D eigenvalue weighted by atomic mass is 35.5. The highest BCUT2D eigenvalue weighted by molar-refractivity contribution is 6.33.